The molecular formula is C8H18ClNO2. The van der Waals surface area contributed by atoms with E-state index in [1.54, 1.807) is 0 Å². The summed E-state index contributed by atoms with van der Waals surface area (Å²) in [6.45, 7) is 6.10. The average Bonchev–Trinajstić information content (AvgIpc) is 1.79. The Hall–Kier alpha value is -0.280. The summed E-state index contributed by atoms with van der Waals surface area (Å²) in [6, 6.07) is 0. The number of hydrogen-bond donors (Lipinski definition) is 1. The van der Waals surface area contributed by atoms with Gasteiger partial charge in [-0.25, -0.2) is 0 Å². The van der Waals surface area contributed by atoms with E-state index in [4.69, 9.17) is 10.5 Å². The second-order valence-corrected chi connectivity index (χ2v) is 3.48. The summed E-state index contributed by atoms with van der Waals surface area (Å²) in [7, 11) is 0. The highest BCUT2D eigenvalue weighted by atomic mass is 35.5. The molecule has 2 N–H and O–H groups in total. The highest BCUT2D eigenvalue weighted by molar-refractivity contribution is 5.85. The standard InChI is InChI=1S/C8H17NO2.ClH/c1-8(2,3)11-7(10)5-4-6-9;/h4-6,9H2,1-3H3;1H. The zero-order valence-electron chi connectivity index (χ0n) is 7.92. The summed E-state index contributed by atoms with van der Waals surface area (Å²) in [4.78, 5) is 10.9. The number of carbonyl (C=O) groups excluding carboxylic acids is 1. The summed E-state index contributed by atoms with van der Waals surface area (Å²) in [6.07, 6.45) is 1.13. The van der Waals surface area contributed by atoms with Crippen LogP contribution in [-0.4, -0.2) is 18.1 Å². The minimum atomic E-state index is -0.369. The number of esters is 1. The number of hydrogen-bond acceptors (Lipinski definition) is 3. The number of ether oxygens (including phenoxy) is 1. The third-order valence-corrected chi connectivity index (χ3v) is 1.01. The summed E-state index contributed by atoms with van der Waals surface area (Å²) in [5.74, 6) is -0.164. The lowest BCUT2D eigenvalue weighted by Gasteiger charge is -2.19. The van der Waals surface area contributed by atoms with Crippen LogP contribution < -0.4 is 5.73 Å². The van der Waals surface area contributed by atoms with E-state index in [9.17, 15) is 4.79 Å². The van der Waals surface area contributed by atoms with Gasteiger partial charge in [-0.2, -0.15) is 0 Å². The lowest BCUT2D eigenvalue weighted by molar-refractivity contribution is -0.154. The number of halogens is 1. The molecule has 0 atom stereocenters. The van der Waals surface area contributed by atoms with Gasteiger partial charge in [0, 0.05) is 6.42 Å². The van der Waals surface area contributed by atoms with E-state index in [1.165, 1.54) is 0 Å². The maximum absolute atomic E-state index is 10.9. The highest BCUT2D eigenvalue weighted by Gasteiger charge is 2.14. The molecule has 0 bridgehead atoms. The van der Waals surface area contributed by atoms with Crippen molar-refractivity contribution in [3.05, 3.63) is 0 Å². The molecule has 0 saturated heterocycles. The lowest BCUT2D eigenvalue weighted by atomic mass is 10.2. The molecule has 0 aliphatic heterocycles. The Bertz CT molecular complexity index is 132. The fraction of sp³-hybridized carbons (Fsp3) is 0.875. The highest BCUT2D eigenvalue weighted by Crippen LogP contribution is 2.08. The molecule has 0 amide bonds. The van der Waals surface area contributed by atoms with Crippen LogP contribution in [0.1, 0.15) is 33.6 Å². The van der Waals surface area contributed by atoms with Gasteiger partial charge in [-0.15, -0.1) is 12.4 Å². The number of rotatable bonds is 3. The molecule has 0 aromatic heterocycles. The van der Waals surface area contributed by atoms with Crippen LogP contribution in [0, 0.1) is 0 Å². The average molecular weight is 196 g/mol. The zero-order chi connectivity index (χ0) is 8.91. The lowest BCUT2D eigenvalue weighted by Crippen LogP contribution is -2.24. The number of carbonyl (C=O) groups is 1. The molecule has 0 aliphatic rings. The van der Waals surface area contributed by atoms with E-state index in [0.717, 1.165) is 0 Å². The summed E-state index contributed by atoms with van der Waals surface area (Å²) in [5.41, 5.74) is 4.86. The van der Waals surface area contributed by atoms with Crippen LogP contribution in [0.2, 0.25) is 0 Å². The van der Waals surface area contributed by atoms with E-state index in [1.807, 2.05) is 20.8 Å². The Balaban J connectivity index is 0. The van der Waals surface area contributed by atoms with Gasteiger partial charge in [0.1, 0.15) is 5.60 Å². The molecule has 0 aromatic carbocycles. The minimum absolute atomic E-state index is 0. The fourth-order valence-electron chi connectivity index (χ4n) is 0.639. The third-order valence-electron chi connectivity index (χ3n) is 1.01. The molecule has 0 aliphatic carbocycles. The Labute approximate surface area is 80.1 Å². The normalized spacial score (nSPS) is 10.3. The van der Waals surface area contributed by atoms with Gasteiger partial charge in [0.15, 0.2) is 0 Å². The molecule has 0 fully saturated rings. The van der Waals surface area contributed by atoms with Crippen molar-refractivity contribution in [1.82, 2.24) is 0 Å². The molecule has 0 rings (SSSR count). The van der Waals surface area contributed by atoms with Crippen molar-refractivity contribution in [1.29, 1.82) is 0 Å². The predicted octanol–water partition coefficient (Wildman–Crippen LogP) is 1.49. The van der Waals surface area contributed by atoms with E-state index < -0.39 is 0 Å². The number of nitrogens with two attached hydrogens (primary N) is 1. The van der Waals surface area contributed by atoms with Crippen molar-refractivity contribution >= 4 is 18.4 Å². The predicted molar refractivity (Wildman–Crippen MR) is 51.4 cm³/mol. The summed E-state index contributed by atoms with van der Waals surface area (Å²) in [5, 5.41) is 0. The summed E-state index contributed by atoms with van der Waals surface area (Å²) < 4.78 is 5.05. The Morgan fingerprint density at radius 2 is 1.92 bits per heavy atom. The molecule has 0 radical (unpaired) electrons. The first kappa shape index (κ1) is 14.3. The van der Waals surface area contributed by atoms with Gasteiger partial charge in [0.25, 0.3) is 0 Å². The van der Waals surface area contributed by atoms with Crippen molar-refractivity contribution in [3.8, 4) is 0 Å². The monoisotopic (exact) mass is 195 g/mol. The fourth-order valence-corrected chi connectivity index (χ4v) is 0.639. The first-order valence-electron chi connectivity index (χ1n) is 3.87. The molecule has 3 nitrogen and oxygen atoms in total. The molecule has 0 heterocycles. The van der Waals surface area contributed by atoms with E-state index in [-0.39, 0.29) is 24.0 Å². The second-order valence-electron chi connectivity index (χ2n) is 3.48. The first-order valence-corrected chi connectivity index (χ1v) is 3.87. The van der Waals surface area contributed by atoms with Crippen LogP contribution in [0.25, 0.3) is 0 Å². The maximum Gasteiger partial charge on any atom is 0.306 e. The van der Waals surface area contributed by atoms with Crippen LogP contribution in [0.15, 0.2) is 0 Å². The second kappa shape index (κ2) is 6.26. The van der Waals surface area contributed by atoms with Gasteiger partial charge in [0.2, 0.25) is 0 Å². The van der Waals surface area contributed by atoms with Gasteiger partial charge in [-0.3, -0.25) is 4.79 Å². The molecule has 12 heavy (non-hydrogen) atoms. The Morgan fingerprint density at radius 3 is 2.25 bits per heavy atom. The van der Waals surface area contributed by atoms with Gasteiger partial charge in [-0.1, -0.05) is 0 Å². The third kappa shape index (κ3) is 9.72. The largest absolute Gasteiger partial charge is 0.460 e. The SMILES string of the molecule is CC(C)(C)OC(=O)CCCN.Cl. The van der Waals surface area contributed by atoms with E-state index in [2.05, 4.69) is 0 Å². The van der Waals surface area contributed by atoms with Crippen molar-refractivity contribution in [2.24, 2.45) is 5.73 Å². The minimum Gasteiger partial charge on any atom is -0.460 e. The molecule has 4 heteroatoms. The molecular weight excluding hydrogens is 178 g/mol. The quantitative estimate of drug-likeness (QED) is 0.695. The van der Waals surface area contributed by atoms with E-state index >= 15 is 0 Å². The topological polar surface area (TPSA) is 52.3 Å². The van der Waals surface area contributed by atoms with E-state index in [0.29, 0.717) is 19.4 Å². The first-order chi connectivity index (χ1) is 4.95. The smallest absolute Gasteiger partial charge is 0.306 e. The van der Waals surface area contributed by atoms with Crippen molar-refractivity contribution in [3.63, 3.8) is 0 Å². The van der Waals surface area contributed by atoms with Crippen molar-refractivity contribution < 1.29 is 9.53 Å². The Morgan fingerprint density at radius 1 is 1.42 bits per heavy atom. The van der Waals surface area contributed by atoms with Crippen molar-refractivity contribution in [2.75, 3.05) is 6.54 Å². The maximum atomic E-state index is 10.9. The molecule has 0 aromatic rings. The van der Waals surface area contributed by atoms with Crippen LogP contribution in [0.4, 0.5) is 0 Å². The van der Waals surface area contributed by atoms with Gasteiger partial charge in [-0.05, 0) is 33.7 Å². The van der Waals surface area contributed by atoms with Crippen LogP contribution >= 0.6 is 12.4 Å². The molecule has 0 spiro atoms. The van der Waals surface area contributed by atoms with Gasteiger partial charge in [0.05, 0.1) is 0 Å². The van der Waals surface area contributed by atoms with Crippen LogP contribution in [0.5, 0.6) is 0 Å². The molecule has 0 unspecified atom stereocenters. The van der Waals surface area contributed by atoms with Crippen LogP contribution in [-0.2, 0) is 9.53 Å². The summed E-state index contributed by atoms with van der Waals surface area (Å²) >= 11 is 0. The van der Waals surface area contributed by atoms with Gasteiger partial charge >= 0.3 is 5.97 Å². The molecule has 74 valence electrons. The zero-order valence-corrected chi connectivity index (χ0v) is 8.74. The molecule has 0 saturated carbocycles. The van der Waals surface area contributed by atoms with Crippen molar-refractivity contribution in [2.45, 2.75) is 39.2 Å². The Kier molecular flexibility index (Phi) is 7.44. The van der Waals surface area contributed by atoms with Gasteiger partial charge < -0.3 is 10.5 Å². The van der Waals surface area contributed by atoms with Crippen LogP contribution in [0.3, 0.4) is 0 Å².